The van der Waals surface area contributed by atoms with Gasteiger partial charge in [0.25, 0.3) is 0 Å². The van der Waals surface area contributed by atoms with Gasteiger partial charge in [0.1, 0.15) is 23.2 Å². The number of hydrogen-bond donors (Lipinski definition) is 2. The van der Waals surface area contributed by atoms with Crippen LogP contribution in [0, 0.1) is 11.3 Å². The molecule has 0 aliphatic heterocycles. The number of nitriles is 1. The van der Waals surface area contributed by atoms with Gasteiger partial charge in [-0.2, -0.15) is 5.26 Å². The maximum atomic E-state index is 9.72. The summed E-state index contributed by atoms with van der Waals surface area (Å²) in [5.74, 6) is 1.03. The molecular formula is C20H18N4O. The average Bonchev–Trinajstić information content (AvgIpc) is 3.15. The lowest BCUT2D eigenvalue weighted by Crippen LogP contribution is -2.29. The number of aromatic nitrogens is 1. The molecule has 124 valence electrons. The van der Waals surface area contributed by atoms with E-state index in [0.717, 1.165) is 46.5 Å². The summed E-state index contributed by atoms with van der Waals surface area (Å²) >= 11 is 0. The number of pyridine rings is 1. The molecule has 5 nitrogen and oxygen atoms in total. The van der Waals surface area contributed by atoms with Crippen LogP contribution in [0.4, 0.5) is 5.82 Å². The summed E-state index contributed by atoms with van der Waals surface area (Å²) in [6.07, 6.45) is 4.00. The molecule has 0 saturated heterocycles. The van der Waals surface area contributed by atoms with Crippen molar-refractivity contribution in [3.8, 4) is 28.5 Å². The van der Waals surface area contributed by atoms with Crippen molar-refractivity contribution in [2.24, 2.45) is 5.73 Å². The van der Waals surface area contributed by atoms with Crippen molar-refractivity contribution in [3.63, 3.8) is 0 Å². The van der Waals surface area contributed by atoms with Gasteiger partial charge < -0.3 is 15.9 Å². The average molecular weight is 330 g/mol. The zero-order chi connectivity index (χ0) is 17.4. The second-order valence-corrected chi connectivity index (χ2v) is 6.31. The molecule has 2 heterocycles. The Balaban J connectivity index is 2.04. The van der Waals surface area contributed by atoms with Crippen molar-refractivity contribution in [3.05, 3.63) is 59.5 Å². The summed E-state index contributed by atoms with van der Waals surface area (Å²) in [5.41, 5.74) is 17.4. The van der Waals surface area contributed by atoms with E-state index in [2.05, 4.69) is 11.1 Å². The summed E-state index contributed by atoms with van der Waals surface area (Å²) in [6.45, 7) is 0. The van der Waals surface area contributed by atoms with Crippen LogP contribution in [0.15, 0.2) is 47.1 Å². The van der Waals surface area contributed by atoms with Gasteiger partial charge in [-0.05, 0) is 42.5 Å². The van der Waals surface area contributed by atoms with Gasteiger partial charge in [0.2, 0.25) is 0 Å². The molecule has 1 atom stereocenters. The van der Waals surface area contributed by atoms with E-state index in [1.807, 2.05) is 36.4 Å². The van der Waals surface area contributed by atoms with Crippen molar-refractivity contribution in [2.45, 2.75) is 25.3 Å². The fourth-order valence-electron chi connectivity index (χ4n) is 3.56. The van der Waals surface area contributed by atoms with Crippen LogP contribution in [-0.4, -0.2) is 11.0 Å². The molecule has 5 heteroatoms. The van der Waals surface area contributed by atoms with Crippen molar-refractivity contribution < 1.29 is 4.42 Å². The maximum absolute atomic E-state index is 9.72. The van der Waals surface area contributed by atoms with Crippen molar-refractivity contribution in [1.82, 2.24) is 4.98 Å². The molecule has 1 aliphatic carbocycles. The fraction of sp³-hybridized carbons (Fsp3) is 0.200. The molecular weight excluding hydrogens is 312 g/mol. The predicted octanol–water partition coefficient (Wildman–Crippen LogP) is 3.28. The van der Waals surface area contributed by atoms with E-state index in [1.54, 1.807) is 6.26 Å². The highest BCUT2D eigenvalue weighted by molar-refractivity contribution is 5.88. The SMILES string of the molecule is N#Cc1c(N)nc2c(c1-c1ccccc1-c1ccco1)C[C@H](N)CC2. The predicted molar refractivity (Wildman–Crippen MR) is 96.5 cm³/mol. The summed E-state index contributed by atoms with van der Waals surface area (Å²) in [5, 5.41) is 9.72. The van der Waals surface area contributed by atoms with Gasteiger partial charge in [-0.25, -0.2) is 4.98 Å². The summed E-state index contributed by atoms with van der Waals surface area (Å²) < 4.78 is 5.60. The normalized spacial score (nSPS) is 16.2. The topological polar surface area (TPSA) is 102 Å². The van der Waals surface area contributed by atoms with Crippen LogP contribution in [0.3, 0.4) is 0 Å². The van der Waals surface area contributed by atoms with E-state index < -0.39 is 0 Å². The Hall–Kier alpha value is -3.10. The molecule has 0 amide bonds. The Morgan fingerprint density at radius 2 is 1.96 bits per heavy atom. The Labute approximate surface area is 145 Å². The van der Waals surface area contributed by atoms with Crippen molar-refractivity contribution in [2.75, 3.05) is 5.73 Å². The highest BCUT2D eigenvalue weighted by Gasteiger charge is 2.26. The molecule has 4 N–H and O–H groups in total. The molecule has 0 spiro atoms. The van der Waals surface area contributed by atoms with Crippen LogP contribution in [0.1, 0.15) is 23.2 Å². The zero-order valence-electron chi connectivity index (χ0n) is 13.7. The van der Waals surface area contributed by atoms with Crippen molar-refractivity contribution in [1.29, 1.82) is 5.26 Å². The van der Waals surface area contributed by atoms with Crippen LogP contribution in [0.25, 0.3) is 22.5 Å². The van der Waals surface area contributed by atoms with Gasteiger partial charge in [-0.15, -0.1) is 0 Å². The first-order chi connectivity index (χ1) is 12.2. The molecule has 1 aliphatic rings. The smallest absolute Gasteiger partial charge is 0.142 e. The minimum atomic E-state index is 0.0685. The quantitative estimate of drug-likeness (QED) is 0.750. The van der Waals surface area contributed by atoms with Gasteiger partial charge in [-0.1, -0.05) is 24.3 Å². The number of nitrogens with two attached hydrogens (primary N) is 2. The molecule has 0 radical (unpaired) electrons. The second-order valence-electron chi connectivity index (χ2n) is 6.31. The van der Waals surface area contributed by atoms with Gasteiger partial charge >= 0.3 is 0 Å². The lowest BCUT2D eigenvalue weighted by Gasteiger charge is -2.25. The van der Waals surface area contributed by atoms with Crippen LogP contribution >= 0.6 is 0 Å². The third kappa shape index (κ3) is 2.57. The second kappa shape index (κ2) is 6.08. The monoisotopic (exact) mass is 330 g/mol. The zero-order valence-corrected chi connectivity index (χ0v) is 13.7. The molecule has 25 heavy (non-hydrogen) atoms. The largest absolute Gasteiger partial charge is 0.464 e. The summed E-state index contributed by atoms with van der Waals surface area (Å²) in [4.78, 5) is 4.47. The maximum Gasteiger partial charge on any atom is 0.142 e. The van der Waals surface area contributed by atoms with Crippen LogP contribution in [-0.2, 0) is 12.8 Å². The number of nitrogens with zero attached hydrogens (tertiary/aromatic N) is 2. The van der Waals surface area contributed by atoms with E-state index >= 15 is 0 Å². The standard InChI is InChI=1S/C20H18N4O/c21-11-16-19(15-10-12(22)7-8-17(15)24-20(16)23)14-5-2-1-4-13(14)18-6-3-9-25-18/h1-6,9,12H,7-8,10,22H2,(H2,23,24)/t12-/m1/s1. The van der Waals surface area contributed by atoms with E-state index in [9.17, 15) is 5.26 Å². The molecule has 0 bridgehead atoms. The number of benzene rings is 1. The first-order valence-electron chi connectivity index (χ1n) is 8.29. The number of anilines is 1. The minimum Gasteiger partial charge on any atom is -0.464 e. The molecule has 0 saturated carbocycles. The Bertz CT molecular complexity index is 970. The highest BCUT2D eigenvalue weighted by atomic mass is 16.3. The third-order valence-corrected chi connectivity index (χ3v) is 4.72. The third-order valence-electron chi connectivity index (χ3n) is 4.72. The number of rotatable bonds is 2. The van der Waals surface area contributed by atoms with Gasteiger partial charge in [0.15, 0.2) is 0 Å². The fourth-order valence-corrected chi connectivity index (χ4v) is 3.56. The van der Waals surface area contributed by atoms with Gasteiger partial charge in [-0.3, -0.25) is 0 Å². The van der Waals surface area contributed by atoms with E-state index in [0.29, 0.717) is 12.0 Å². The molecule has 0 fully saturated rings. The summed E-state index contributed by atoms with van der Waals surface area (Å²) in [6, 6.07) is 14.0. The first kappa shape index (κ1) is 15.4. The van der Waals surface area contributed by atoms with Crippen LogP contribution < -0.4 is 11.5 Å². The molecule has 4 rings (SSSR count). The first-order valence-corrected chi connectivity index (χ1v) is 8.29. The number of nitrogen functional groups attached to an aromatic ring is 1. The number of fused-ring (bicyclic) bond motifs is 1. The lowest BCUT2D eigenvalue weighted by molar-refractivity contribution is 0.568. The molecule has 3 aromatic rings. The Kier molecular flexibility index (Phi) is 3.75. The van der Waals surface area contributed by atoms with Crippen LogP contribution in [0.5, 0.6) is 0 Å². The molecule has 0 unspecified atom stereocenters. The Morgan fingerprint density at radius 3 is 2.68 bits per heavy atom. The Morgan fingerprint density at radius 1 is 1.16 bits per heavy atom. The highest BCUT2D eigenvalue weighted by Crippen LogP contribution is 2.40. The van der Waals surface area contributed by atoms with E-state index in [-0.39, 0.29) is 11.9 Å². The van der Waals surface area contributed by atoms with Crippen molar-refractivity contribution >= 4 is 5.82 Å². The number of aryl methyl sites for hydroxylation is 1. The molecule has 2 aromatic heterocycles. The molecule has 1 aromatic carbocycles. The van der Waals surface area contributed by atoms with Crippen LogP contribution in [0.2, 0.25) is 0 Å². The van der Waals surface area contributed by atoms with Gasteiger partial charge in [0.05, 0.1) is 6.26 Å². The van der Waals surface area contributed by atoms with E-state index in [4.69, 9.17) is 15.9 Å². The number of furan rings is 1. The van der Waals surface area contributed by atoms with Gasteiger partial charge in [0, 0.05) is 22.9 Å². The number of hydrogen-bond acceptors (Lipinski definition) is 5. The minimum absolute atomic E-state index is 0.0685. The van der Waals surface area contributed by atoms with E-state index in [1.165, 1.54) is 0 Å². The lowest BCUT2D eigenvalue weighted by atomic mass is 9.83. The summed E-state index contributed by atoms with van der Waals surface area (Å²) in [7, 11) is 0.